The summed E-state index contributed by atoms with van der Waals surface area (Å²) in [4.78, 5) is 4.74. The molecule has 1 aliphatic heterocycles. The van der Waals surface area contributed by atoms with E-state index in [0.717, 1.165) is 21.9 Å². The zero-order valence-electron chi connectivity index (χ0n) is 12.7. The summed E-state index contributed by atoms with van der Waals surface area (Å²) in [6.45, 7) is 1.98. The monoisotopic (exact) mass is 347 g/mol. The third kappa shape index (κ3) is 4.02. The van der Waals surface area contributed by atoms with Gasteiger partial charge < -0.3 is 0 Å². The van der Waals surface area contributed by atoms with Gasteiger partial charge in [-0.1, -0.05) is 48.0 Å². The summed E-state index contributed by atoms with van der Waals surface area (Å²) in [5, 5.41) is 0.937. The zero-order chi connectivity index (χ0) is 16.3. The standard InChI is InChI=1S/C17H17NO3S2/c1-13-7-9-16(10-8-13)23(19,20)21-11-15-12-22-17(18-15)14-5-3-2-4-6-14/h2-10,15H,11-12H2,1H3/t15-/m1/s1. The molecule has 0 saturated heterocycles. The van der Waals surface area contributed by atoms with E-state index < -0.39 is 10.1 Å². The van der Waals surface area contributed by atoms with Crippen LogP contribution in [-0.4, -0.2) is 31.9 Å². The number of nitrogens with zero attached hydrogens (tertiary/aromatic N) is 1. The lowest BCUT2D eigenvalue weighted by atomic mass is 10.2. The van der Waals surface area contributed by atoms with Gasteiger partial charge in [-0.3, -0.25) is 9.18 Å². The molecule has 0 aliphatic carbocycles. The lowest BCUT2D eigenvalue weighted by Crippen LogP contribution is -2.17. The van der Waals surface area contributed by atoms with Crippen LogP contribution in [0.4, 0.5) is 0 Å². The van der Waals surface area contributed by atoms with Gasteiger partial charge in [0.2, 0.25) is 0 Å². The van der Waals surface area contributed by atoms with Crippen molar-refractivity contribution in [1.29, 1.82) is 0 Å². The van der Waals surface area contributed by atoms with E-state index in [2.05, 4.69) is 4.99 Å². The van der Waals surface area contributed by atoms with Crippen LogP contribution in [0.15, 0.2) is 64.5 Å². The minimum absolute atomic E-state index is 0.0690. The van der Waals surface area contributed by atoms with Crippen molar-refractivity contribution in [2.45, 2.75) is 17.9 Å². The molecule has 0 aromatic heterocycles. The molecule has 120 valence electrons. The second kappa shape index (κ2) is 6.86. The molecule has 6 heteroatoms. The highest BCUT2D eigenvalue weighted by Gasteiger charge is 2.23. The molecule has 0 unspecified atom stereocenters. The van der Waals surface area contributed by atoms with Gasteiger partial charge in [0.15, 0.2) is 0 Å². The summed E-state index contributed by atoms with van der Waals surface area (Å²) < 4.78 is 29.5. The van der Waals surface area contributed by atoms with Crippen LogP contribution in [0.3, 0.4) is 0 Å². The Morgan fingerprint density at radius 1 is 1.13 bits per heavy atom. The summed E-state index contributed by atoms with van der Waals surface area (Å²) in [6.07, 6.45) is 0. The van der Waals surface area contributed by atoms with Gasteiger partial charge in [-0.2, -0.15) is 8.42 Å². The molecule has 3 rings (SSSR count). The van der Waals surface area contributed by atoms with Crippen LogP contribution in [0.5, 0.6) is 0 Å². The first kappa shape index (κ1) is 16.2. The number of hydrogen-bond donors (Lipinski definition) is 0. The second-order valence-corrected chi connectivity index (χ2v) is 7.94. The summed E-state index contributed by atoms with van der Waals surface area (Å²) in [5.74, 6) is 0.730. The van der Waals surface area contributed by atoms with Crippen molar-refractivity contribution in [1.82, 2.24) is 0 Å². The molecule has 2 aromatic rings. The number of aliphatic imine (C=N–C) groups is 1. The maximum atomic E-state index is 12.2. The Morgan fingerprint density at radius 2 is 1.83 bits per heavy atom. The predicted molar refractivity (Wildman–Crippen MR) is 93.5 cm³/mol. The van der Waals surface area contributed by atoms with Crippen LogP contribution in [0.25, 0.3) is 0 Å². The van der Waals surface area contributed by atoms with E-state index in [-0.39, 0.29) is 17.5 Å². The molecule has 0 N–H and O–H groups in total. The Kier molecular flexibility index (Phi) is 4.84. The fourth-order valence-electron chi connectivity index (χ4n) is 2.18. The van der Waals surface area contributed by atoms with Gasteiger partial charge in [0.1, 0.15) is 0 Å². The van der Waals surface area contributed by atoms with Crippen LogP contribution < -0.4 is 0 Å². The Hall–Kier alpha value is -1.63. The Bertz CT molecular complexity index is 799. The molecule has 1 aliphatic rings. The molecule has 0 bridgehead atoms. The van der Waals surface area contributed by atoms with Gasteiger partial charge in [-0.25, -0.2) is 0 Å². The molecule has 23 heavy (non-hydrogen) atoms. The van der Waals surface area contributed by atoms with Crippen LogP contribution in [0.2, 0.25) is 0 Å². The quantitative estimate of drug-likeness (QED) is 0.779. The fraction of sp³-hybridized carbons (Fsp3) is 0.235. The van der Waals surface area contributed by atoms with E-state index >= 15 is 0 Å². The molecule has 1 heterocycles. The van der Waals surface area contributed by atoms with Crippen molar-refractivity contribution >= 4 is 26.9 Å². The van der Waals surface area contributed by atoms with E-state index in [1.165, 1.54) is 0 Å². The highest BCUT2D eigenvalue weighted by Crippen LogP contribution is 2.24. The van der Waals surface area contributed by atoms with Crippen molar-refractivity contribution in [2.75, 3.05) is 12.4 Å². The molecule has 1 atom stereocenters. The van der Waals surface area contributed by atoms with Gasteiger partial charge in [0.05, 0.1) is 22.6 Å². The molecule has 4 nitrogen and oxygen atoms in total. The summed E-state index contributed by atoms with van der Waals surface area (Å²) >= 11 is 1.63. The number of thioether (sulfide) groups is 1. The van der Waals surface area contributed by atoms with E-state index in [0.29, 0.717) is 0 Å². The molecule has 0 fully saturated rings. The van der Waals surface area contributed by atoms with Gasteiger partial charge in [-0.15, -0.1) is 11.8 Å². The van der Waals surface area contributed by atoms with Gasteiger partial charge in [0.25, 0.3) is 10.1 Å². The van der Waals surface area contributed by atoms with Crippen molar-refractivity contribution < 1.29 is 12.6 Å². The molecular formula is C17H17NO3S2. The van der Waals surface area contributed by atoms with E-state index in [4.69, 9.17) is 4.18 Å². The van der Waals surface area contributed by atoms with Crippen molar-refractivity contribution in [2.24, 2.45) is 4.99 Å². The lowest BCUT2D eigenvalue weighted by molar-refractivity contribution is 0.302. The largest absolute Gasteiger partial charge is 0.297 e. The van der Waals surface area contributed by atoms with Crippen LogP contribution in [0, 0.1) is 6.92 Å². The Morgan fingerprint density at radius 3 is 2.52 bits per heavy atom. The summed E-state index contributed by atoms with van der Waals surface area (Å²) in [7, 11) is -3.73. The minimum Gasteiger partial charge on any atom is -0.271 e. The predicted octanol–water partition coefficient (Wildman–Crippen LogP) is 3.26. The summed E-state index contributed by atoms with van der Waals surface area (Å²) in [6, 6.07) is 16.4. The first-order valence-electron chi connectivity index (χ1n) is 7.27. The summed E-state index contributed by atoms with van der Waals surface area (Å²) in [5.41, 5.74) is 2.06. The van der Waals surface area contributed by atoms with Crippen molar-refractivity contribution in [3.8, 4) is 0 Å². The number of aryl methyl sites for hydroxylation is 1. The fourth-order valence-corrected chi connectivity index (χ4v) is 4.17. The lowest BCUT2D eigenvalue weighted by Gasteiger charge is -2.08. The zero-order valence-corrected chi connectivity index (χ0v) is 14.3. The number of hydrogen-bond acceptors (Lipinski definition) is 5. The first-order valence-corrected chi connectivity index (χ1v) is 9.66. The van der Waals surface area contributed by atoms with Crippen LogP contribution in [-0.2, 0) is 14.3 Å². The topological polar surface area (TPSA) is 55.7 Å². The number of rotatable bonds is 5. The highest BCUT2D eigenvalue weighted by atomic mass is 32.2. The van der Waals surface area contributed by atoms with E-state index in [9.17, 15) is 8.42 Å². The second-order valence-electron chi connectivity index (χ2n) is 5.32. The first-order chi connectivity index (χ1) is 11.0. The Balaban J connectivity index is 1.65. The van der Waals surface area contributed by atoms with Crippen molar-refractivity contribution in [3.05, 3.63) is 65.7 Å². The van der Waals surface area contributed by atoms with Gasteiger partial charge >= 0.3 is 0 Å². The smallest absolute Gasteiger partial charge is 0.271 e. The molecule has 0 spiro atoms. The molecule has 2 aromatic carbocycles. The van der Waals surface area contributed by atoms with Gasteiger partial charge in [-0.05, 0) is 19.1 Å². The third-order valence-corrected chi connectivity index (χ3v) is 5.92. The van der Waals surface area contributed by atoms with E-state index in [1.807, 2.05) is 37.3 Å². The maximum absolute atomic E-state index is 12.2. The normalized spacial score (nSPS) is 18.0. The third-order valence-electron chi connectivity index (χ3n) is 3.46. The maximum Gasteiger partial charge on any atom is 0.297 e. The Labute approximate surface area is 140 Å². The average Bonchev–Trinajstić information content (AvgIpc) is 3.03. The molecule has 0 amide bonds. The van der Waals surface area contributed by atoms with Crippen molar-refractivity contribution in [3.63, 3.8) is 0 Å². The SMILES string of the molecule is Cc1ccc(S(=O)(=O)OC[C@@H]2CSC(c3ccccc3)=N2)cc1. The van der Waals surface area contributed by atoms with Crippen LogP contribution in [0.1, 0.15) is 11.1 Å². The highest BCUT2D eigenvalue weighted by molar-refractivity contribution is 8.14. The molecule has 0 saturated carbocycles. The molecule has 0 radical (unpaired) electrons. The average molecular weight is 347 g/mol. The van der Waals surface area contributed by atoms with Gasteiger partial charge in [0, 0.05) is 11.3 Å². The van der Waals surface area contributed by atoms with E-state index in [1.54, 1.807) is 36.0 Å². The minimum atomic E-state index is -3.73. The molecular weight excluding hydrogens is 330 g/mol. The number of benzene rings is 2. The van der Waals surface area contributed by atoms with Crippen LogP contribution >= 0.6 is 11.8 Å².